The summed E-state index contributed by atoms with van der Waals surface area (Å²) in [5, 5.41) is 13.4. The first-order chi connectivity index (χ1) is 9.48. The highest BCUT2D eigenvalue weighted by Crippen LogP contribution is 2.29. The van der Waals surface area contributed by atoms with E-state index in [0.29, 0.717) is 25.2 Å². The van der Waals surface area contributed by atoms with E-state index >= 15 is 0 Å². The molecule has 0 aromatic carbocycles. The standard InChI is InChI=1S/C16H33NO2S/c1-5-13-8-6-7-9-15(13)19-11-14(18)10-17-12-16(2,3)20-4/h13-15,17-18H,5-12H2,1-4H3. The molecule has 1 fully saturated rings. The maximum absolute atomic E-state index is 10.0. The van der Waals surface area contributed by atoms with Crippen LogP contribution in [0.5, 0.6) is 0 Å². The van der Waals surface area contributed by atoms with Crippen molar-refractivity contribution in [2.24, 2.45) is 5.92 Å². The van der Waals surface area contributed by atoms with E-state index in [1.165, 1.54) is 25.7 Å². The van der Waals surface area contributed by atoms with Crippen molar-refractivity contribution in [1.82, 2.24) is 5.32 Å². The van der Waals surface area contributed by atoms with Gasteiger partial charge in [-0.05, 0) is 38.9 Å². The number of ether oxygens (including phenoxy) is 1. The largest absolute Gasteiger partial charge is 0.389 e. The predicted octanol–water partition coefficient (Wildman–Crippen LogP) is 3.06. The Morgan fingerprint density at radius 2 is 2.05 bits per heavy atom. The van der Waals surface area contributed by atoms with Crippen LogP contribution in [0.25, 0.3) is 0 Å². The molecule has 3 atom stereocenters. The Morgan fingerprint density at radius 3 is 2.70 bits per heavy atom. The fourth-order valence-corrected chi connectivity index (χ4v) is 3.01. The van der Waals surface area contributed by atoms with E-state index in [4.69, 9.17) is 4.74 Å². The fourth-order valence-electron chi connectivity index (χ4n) is 2.77. The van der Waals surface area contributed by atoms with Crippen molar-refractivity contribution in [3.05, 3.63) is 0 Å². The quantitative estimate of drug-likeness (QED) is 0.687. The van der Waals surface area contributed by atoms with Gasteiger partial charge in [-0.25, -0.2) is 0 Å². The van der Waals surface area contributed by atoms with Gasteiger partial charge in [0.25, 0.3) is 0 Å². The number of hydrogen-bond donors (Lipinski definition) is 2. The molecule has 0 spiro atoms. The van der Waals surface area contributed by atoms with Gasteiger partial charge in [0.15, 0.2) is 0 Å². The second kappa shape index (κ2) is 9.29. The van der Waals surface area contributed by atoms with Crippen molar-refractivity contribution in [2.45, 2.75) is 69.8 Å². The van der Waals surface area contributed by atoms with Crippen molar-refractivity contribution >= 4 is 11.8 Å². The van der Waals surface area contributed by atoms with Crippen molar-refractivity contribution < 1.29 is 9.84 Å². The minimum atomic E-state index is -0.396. The third-order valence-corrected chi connectivity index (χ3v) is 5.60. The normalized spacial score (nSPS) is 25.6. The highest BCUT2D eigenvalue weighted by molar-refractivity contribution is 7.99. The summed E-state index contributed by atoms with van der Waals surface area (Å²) in [5.41, 5.74) is 0. The first kappa shape index (κ1) is 18.3. The lowest BCUT2D eigenvalue weighted by molar-refractivity contribution is -0.0499. The van der Waals surface area contributed by atoms with Crippen LogP contribution in [-0.4, -0.2) is 48.0 Å². The van der Waals surface area contributed by atoms with Crippen molar-refractivity contribution in [2.75, 3.05) is 26.0 Å². The summed E-state index contributed by atoms with van der Waals surface area (Å²) in [6, 6.07) is 0. The van der Waals surface area contributed by atoms with Gasteiger partial charge in [0.2, 0.25) is 0 Å². The van der Waals surface area contributed by atoms with Crippen molar-refractivity contribution in [1.29, 1.82) is 0 Å². The average Bonchev–Trinajstić information content (AvgIpc) is 2.45. The monoisotopic (exact) mass is 303 g/mol. The van der Waals surface area contributed by atoms with Gasteiger partial charge in [0.1, 0.15) is 0 Å². The van der Waals surface area contributed by atoms with Crippen LogP contribution in [0, 0.1) is 5.92 Å². The number of nitrogens with one attached hydrogen (secondary N) is 1. The molecule has 120 valence electrons. The van der Waals surface area contributed by atoms with Gasteiger partial charge in [0, 0.05) is 17.8 Å². The molecule has 20 heavy (non-hydrogen) atoms. The van der Waals surface area contributed by atoms with Crippen LogP contribution in [-0.2, 0) is 4.74 Å². The maximum Gasteiger partial charge on any atom is 0.0897 e. The van der Waals surface area contributed by atoms with E-state index in [0.717, 1.165) is 13.0 Å². The molecular formula is C16H33NO2S. The summed E-state index contributed by atoms with van der Waals surface area (Å²) in [5.74, 6) is 0.694. The summed E-state index contributed by atoms with van der Waals surface area (Å²) < 4.78 is 6.18. The van der Waals surface area contributed by atoms with E-state index < -0.39 is 6.10 Å². The van der Waals surface area contributed by atoms with Gasteiger partial charge in [-0.2, -0.15) is 11.8 Å². The van der Waals surface area contributed by atoms with Crippen LogP contribution in [0.15, 0.2) is 0 Å². The van der Waals surface area contributed by atoms with Gasteiger partial charge in [-0.3, -0.25) is 0 Å². The molecule has 1 saturated carbocycles. The van der Waals surface area contributed by atoms with E-state index in [2.05, 4.69) is 32.3 Å². The molecule has 4 heteroatoms. The minimum Gasteiger partial charge on any atom is -0.389 e. The number of hydrogen-bond acceptors (Lipinski definition) is 4. The minimum absolute atomic E-state index is 0.219. The lowest BCUT2D eigenvalue weighted by Gasteiger charge is -2.31. The number of aliphatic hydroxyl groups is 1. The average molecular weight is 304 g/mol. The van der Waals surface area contributed by atoms with Crippen LogP contribution in [0.3, 0.4) is 0 Å². The SMILES string of the molecule is CCC1CCCCC1OCC(O)CNCC(C)(C)SC. The van der Waals surface area contributed by atoms with Gasteiger partial charge in [-0.1, -0.05) is 26.2 Å². The summed E-state index contributed by atoms with van der Waals surface area (Å²) >= 11 is 1.84. The Labute approximate surface area is 129 Å². The maximum atomic E-state index is 10.0. The van der Waals surface area contributed by atoms with Gasteiger partial charge >= 0.3 is 0 Å². The fraction of sp³-hybridized carbons (Fsp3) is 1.00. The number of rotatable bonds is 9. The molecule has 1 aliphatic carbocycles. The lowest BCUT2D eigenvalue weighted by Crippen LogP contribution is -2.39. The number of thioether (sulfide) groups is 1. The first-order valence-corrected chi connectivity index (χ1v) is 9.26. The summed E-state index contributed by atoms with van der Waals surface area (Å²) in [7, 11) is 0. The number of aliphatic hydroxyl groups excluding tert-OH is 1. The Hall–Kier alpha value is 0.230. The Kier molecular flexibility index (Phi) is 8.49. The molecule has 0 radical (unpaired) electrons. The van der Waals surface area contributed by atoms with Crippen molar-refractivity contribution in [3.8, 4) is 0 Å². The smallest absolute Gasteiger partial charge is 0.0897 e. The first-order valence-electron chi connectivity index (χ1n) is 8.04. The third-order valence-electron chi connectivity index (χ3n) is 4.35. The van der Waals surface area contributed by atoms with E-state index in [-0.39, 0.29) is 4.75 Å². The zero-order chi connectivity index (χ0) is 15.0. The zero-order valence-electron chi connectivity index (χ0n) is 13.7. The van der Waals surface area contributed by atoms with Crippen LogP contribution in [0.4, 0.5) is 0 Å². The molecular weight excluding hydrogens is 270 g/mol. The second-order valence-corrected chi connectivity index (χ2v) is 8.09. The molecule has 0 aromatic heterocycles. The zero-order valence-corrected chi connectivity index (χ0v) is 14.5. The summed E-state index contributed by atoms with van der Waals surface area (Å²) in [4.78, 5) is 0. The van der Waals surface area contributed by atoms with Crippen LogP contribution in [0.2, 0.25) is 0 Å². The predicted molar refractivity (Wildman–Crippen MR) is 88.5 cm³/mol. The van der Waals surface area contributed by atoms with E-state index in [1.807, 2.05) is 11.8 Å². The molecule has 2 N–H and O–H groups in total. The van der Waals surface area contributed by atoms with Gasteiger partial charge < -0.3 is 15.2 Å². The lowest BCUT2D eigenvalue weighted by atomic mass is 9.85. The second-order valence-electron chi connectivity index (χ2n) is 6.57. The molecule has 0 heterocycles. The third kappa shape index (κ3) is 6.79. The Balaban J connectivity index is 2.17. The molecule has 0 amide bonds. The topological polar surface area (TPSA) is 41.5 Å². The Morgan fingerprint density at radius 1 is 1.35 bits per heavy atom. The Bertz CT molecular complexity index is 261. The molecule has 1 rings (SSSR count). The van der Waals surface area contributed by atoms with Gasteiger partial charge in [-0.15, -0.1) is 0 Å². The van der Waals surface area contributed by atoms with E-state index in [1.54, 1.807) is 0 Å². The highest BCUT2D eigenvalue weighted by Gasteiger charge is 2.25. The van der Waals surface area contributed by atoms with Crippen LogP contribution < -0.4 is 5.32 Å². The molecule has 3 nitrogen and oxygen atoms in total. The molecule has 3 unspecified atom stereocenters. The van der Waals surface area contributed by atoms with Crippen molar-refractivity contribution in [3.63, 3.8) is 0 Å². The van der Waals surface area contributed by atoms with E-state index in [9.17, 15) is 5.11 Å². The van der Waals surface area contributed by atoms with Gasteiger partial charge in [0.05, 0.1) is 18.8 Å². The highest BCUT2D eigenvalue weighted by atomic mass is 32.2. The molecule has 0 aromatic rings. The molecule has 1 aliphatic rings. The van der Waals surface area contributed by atoms with Crippen LogP contribution in [0.1, 0.15) is 52.9 Å². The molecule has 0 saturated heterocycles. The molecule has 0 bridgehead atoms. The van der Waals surface area contributed by atoms with Crippen LogP contribution >= 0.6 is 11.8 Å². The molecule has 0 aliphatic heterocycles. The summed E-state index contributed by atoms with van der Waals surface area (Å²) in [6.45, 7) is 8.66. The summed E-state index contributed by atoms with van der Waals surface area (Å²) in [6.07, 6.45) is 8.35.